The molecular weight excluding hydrogens is 212 g/mol. The van der Waals surface area contributed by atoms with Gasteiger partial charge in [0.15, 0.2) is 11.6 Å². The van der Waals surface area contributed by atoms with Crippen LogP contribution in [0.3, 0.4) is 0 Å². The van der Waals surface area contributed by atoms with Crippen molar-refractivity contribution in [3.63, 3.8) is 0 Å². The number of piperidine rings is 1. The average Bonchev–Trinajstić information content (AvgIpc) is 2.27. The summed E-state index contributed by atoms with van der Waals surface area (Å²) < 4.78 is 27.1. The Morgan fingerprint density at radius 3 is 2.69 bits per heavy atom. The maximum absolute atomic E-state index is 13.7. The first kappa shape index (κ1) is 11.5. The fourth-order valence-corrected chi connectivity index (χ4v) is 2.12. The molecule has 2 nitrogen and oxygen atoms in total. The minimum absolute atomic E-state index is 0.0581. The van der Waals surface area contributed by atoms with Gasteiger partial charge in [-0.25, -0.2) is 8.78 Å². The molecule has 1 aromatic carbocycles. The summed E-state index contributed by atoms with van der Waals surface area (Å²) in [5, 5.41) is 13.3. The number of aliphatic hydroxyl groups is 1. The van der Waals surface area contributed by atoms with E-state index in [0.717, 1.165) is 13.0 Å². The number of hydrogen-bond donors (Lipinski definition) is 2. The number of halogens is 2. The van der Waals surface area contributed by atoms with Crippen molar-refractivity contribution < 1.29 is 13.9 Å². The molecule has 2 N–H and O–H groups in total. The first-order valence-corrected chi connectivity index (χ1v) is 5.43. The molecule has 1 heterocycles. The molecule has 0 radical (unpaired) electrons. The fourth-order valence-electron chi connectivity index (χ4n) is 2.12. The van der Waals surface area contributed by atoms with Gasteiger partial charge in [-0.05, 0) is 31.9 Å². The van der Waals surface area contributed by atoms with Crippen LogP contribution in [0.25, 0.3) is 0 Å². The highest BCUT2D eigenvalue weighted by atomic mass is 19.2. The summed E-state index contributed by atoms with van der Waals surface area (Å²) in [4.78, 5) is 0. The monoisotopic (exact) mass is 227 g/mol. The molecule has 0 aromatic heterocycles. The molecule has 0 saturated carbocycles. The number of β-amino-alcohol motifs (C(OH)–C–C–N with tert-alkyl or cyclic N) is 1. The lowest BCUT2D eigenvalue weighted by Gasteiger charge is -2.33. The van der Waals surface area contributed by atoms with Crippen LogP contribution in [0.2, 0.25) is 0 Å². The van der Waals surface area contributed by atoms with Crippen molar-refractivity contribution in [2.24, 2.45) is 0 Å². The van der Waals surface area contributed by atoms with Gasteiger partial charge >= 0.3 is 0 Å². The van der Waals surface area contributed by atoms with E-state index in [-0.39, 0.29) is 17.7 Å². The molecule has 1 aliphatic rings. The molecule has 0 amide bonds. The summed E-state index contributed by atoms with van der Waals surface area (Å²) in [6.45, 7) is 2.58. The first-order chi connectivity index (χ1) is 7.54. The van der Waals surface area contributed by atoms with Crippen molar-refractivity contribution in [2.75, 3.05) is 13.1 Å². The van der Waals surface area contributed by atoms with Crippen LogP contribution >= 0.6 is 0 Å². The van der Waals surface area contributed by atoms with Crippen LogP contribution < -0.4 is 5.32 Å². The van der Waals surface area contributed by atoms with Crippen LogP contribution in [0.1, 0.15) is 24.0 Å². The predicted molar refractivity (Wildman–Crippen MR) is 57.1 cm³/mol. The highest BCUT2D eigenvalue weighted by Crippen LogP contribution is 2.31. The van der Waals surface area contributed by atoms with Gasteiger partial charge in [0.2, 0.25) is 0 Å². The lowest BCUT2D eigenvalue weighted by molar-refractivity contribution is 0.00848. The maximum Gasteiger partial charge on any atom is 0.165 e. The van der Waals surface area contributed by atoms with Gasteiger partial charge in [0, 0.05) is 12.1 Å². The van der Waals surface area contributed by atoms with Gasteiger partial charge in [-0.15, -0.1) is 0 Å². The Morgan fingerprint density at radius 1 is 1.31 bits per heavy atom. The summed E-state index contributed by atoms with van der Waals surface area (Å²) in [5.74, 6) is -1.79. The molecular formula is C12H15F2NO. The maximum atomic E-state index is 13.7. The van der Waals surface area contributed by atoms with Crippen LogP contribution in [0, 0.1) is 18.6 Å². The Hall–Kier alpha value is -1.00. The van der Waals surface area contributed by atoms with Crippen LogP contribution in [-0.2, 0) is 5.60 Å². The number of aryl methyl sites for hydroxylation is 1. The van der Waals surface area contributed by atoms with E-state index in [2.05, 4.69) is 5.32 Å². The van der Waals surface area contributed by atoms with Crippen molar-refractivity contribution in [3.8, 4) is 0 Å². The van der Waals surface area contributed by atoms with Crippen molar-refractivity contribution in [3.05, 3.63) is 34.9 Å². The second-order valence-electron chi connectivity index (χ2n) is 4.37. The van der Waals surface area contributed by atoms with Gasteiger partial charge in [-0.3, -0.25) is 0 Å². The average molecular weight is 227 g/mol. The second kappa shape index (κ2) is 4.11. The van der Waals surface area contributed by atoms with Crippen molar-refractivity contribution in [1.29, 1.82) is 0 Å². The normalized spacial score (nSPS) is 25.8. The van der Waals surface area contributed by atoms with Gasteiger partial charge < -0.3 is 10.4 Å². The second-order valence-corrected chi connectivity index (χ2v) is 4.37. The van der Waals surface area contributed by atoms with E-state index in [1.807, 2.05) is 0 Å². The molecule has 0 spiro atoms. The zero-order valence-corrected chi connectivity index (χ0v) is 9.19. The Balaban J connectivity index is 2.43. The molecule has 1 unspecified atom stereocenters. The van der Waals surface area contributed by atoms with E-state index < -0.39 is 17.2 Å². The quantitative estimate of drug-likeness (QED) is 0.767. The molecule has 88 valence electrons. The summed E-state index contributed by atoms with van der Waals surface area (Å²) in [7, 11) is 0. The third-order valence-corrected chi connectivity index (χ3v) is 3.14. The number of benzene rings is 1. The minimum atomic E-state index is -1.28. The highest BCUT2D eigenvalue weighted by molar-refractivity contribution is 5.30. The van der Waals surface area contributed by atoms with Gasteiger partial charge in [0.1, 0.15) is 5.60 Å². The number of hydrogen-bond acceptors (Lipinski definition) is 2. The fraction of sp³-hybridized carbons (Fsp3) is 0.500. The van der Waals surface area contributed by atoms with E-state index in [9.17, 15) is 13.9 Å². The zero-order valence-electron chi connectivity index (χ0n) is 9.19. The van der Waals surface area contributed by atoms with E-state index in [0.29, 0.717) is 6.42 Å². The van der Waals surface area contributed by atoms with E-state index in [1.54, 1.807) is 0 Å². The molecule has 0 aliphatic carbocycles. The van der Waals surface area contributed by atoms with Gasteiger partial charge in [0.25, 0.3) is 0 Å². The van der Waals surface area contributed by atoms with E-state index in [4.69, 9.17) is 0 Å². The molecule has 1 aliphatic heterocycles. The largest absolute Gasteiger partial charge is 0.384 e. The van der Waals surface area contributed by atoms with Crippen molar-refractivity contribution in [1.82, 2.24) is 5.32 Å². The van der Waals surface area contributed by atoms with Gasteiger partial charge in [0.05, 0.1) is 0 Å². The zero-order chi connectivity index (χ0) is 11.8. The first-order valence-electron chi connectivity index (χ1n) is 5.43. The third-order valence-electron chi connectivity index (χ3n) is 3.14. The lowest BCUT2D eigenvalue weighted by atomic mass is 9.86. The predicted octanol–water partition coefficient (Wildman–Crippen LogP) is 1.84. The lowest BCUT2D eigenvalue weighted by Crippen LogP contribution is -2.43. The van der Waals surface area contributed by atoms with E-state index in [1.165, 1.54) is 19.1 Å². The topological polar surface area (TPSA) is 32.3 Å². The number of rotatable bonds is 1. The molecule has 0 bridgehead atoms. The molecule has 1 fully saturated rings. The van der Waals surface area contributed by atoms with Gasteiger partial charge in [-0.1, -0.05) is 12.1 Å². The molecule has 4 heteroatoms. The summed E-state index contributed by atoms with van der Waals surface area (Å²) in [5.41, 5.74) is -0.965. The smallest absolute Gasteiger partial charge is 0.165 e. The highest BCUT2D eigenvalue weighted by Gasteiger charge is 2.34. The molecule has 1 aromatic rings. The Kier molecular flexibility index (Phi) is 2.95. The van der Waals surface area contributed by atoms with Crippen molar-refractivity contribution >= 4 is 0 Å². The van der Waals surface area contributed by atoms with Crippen LogP contribution in [0.15, 0.2) is 12.1 Å². The third kappa shape index (κ3) is 1.83. The Labute approximate surface area is 93.3 Å². The Bertz CT molecular complexity index is 400. The molecule has 1 atom stereocenters. The van der Waals surface area contributed by atoms with Crippen LogP contribution in [-0.4, -0.2) is 18.2 Å². The summed E-state index contributed by atoms with van der Waals surface area (Å²) >= 11 is 0. The van der Waals surface area contributed by atoms with Crippen LogP contribution in [0.4, 0.5) is 8.78 Å². The minimum Gasteiger partial charge on any atom is -0.384 e. The van der Waals surface area contributed by atoms with E-state index >= 15 is 0 Å². The Morgan fingerprint density at radius 2 is 2.06 bits per heavy atom. The summed E-state index contributed by atoms with van der Waals surface area (Å²) in [6.07, 6.45) is 1.21. The van der Waals surface area contributed by atoms with Crippen molar-refractivity contribution in [2.45, 2.75) is 25.4 Å². The molecule has 1 saturated heterocycles. The standard InChI is InChI=1S/C12H15F2NO/c1-8-3-4-9(11(14)10(8)13)12(16)5-2-6-15-7-12/h3-4,15-16H,2,5-7H2,1H3. The molecule has 16 heavy (non-hydrogen) atoms. The van der Waals surface area contributed by atoms with Crippen LogP contribution in [0.5, 0.6) is 0 Å². The number of nitrogens with one attached hydrogen (secondary N) is 1. The summed E-state index contributed by atoms with van der Waals surface area (Å²) in [6, 6.07) is 2.97. The van der Waals surface area contributed by atoms with Gasteiger partial charge in [-0.2, -0.15) is 0 Å². The SMILES string of the molecule is Cc1ccc(C2(O)CCCNC2)c(F)c1F. The molecule has 2 rings (SSSR count).